The minimum Gasteiger partial charge on any atom is -0.396 e. The van der Waals surface area contributed by atoms with Gasteiger partial charge in [0, 0.05) is 12.0 Å². The molecule has 0 aliphatic heterocycles. The summed E-state index contributed by atoms with van der Waals surface area (Å²) in [6, 6.07) is -0.468. The van der Waals surface area contributed by atoms with E-state index in [1.807, 2.05) is 0 Å². The molecule has 1 aliphatic carbocycles. The first-order valence-electron chi connectivity index (χ1n) is 5.74. The molecule has 4 nitrogen and oxygen atoms in total. The minimum atomic E-state index is -0.468. The van der Waals surface area contributed by atoms with Gasteiger partial charge in [0.15, 0.2) is 0 Å². The number of rotatable bonds is 4. The van der Waals surface area contributed by atoms with Gasteiger partial charge < -0.3 is 16.2 Å². The highest BCUT2D eigenvalue weighted by atomic mass is 16.3. The largest absolute Gasteiger partial charge is 0.396 e. The van der Waals surface area contributed by atoms with Crippen molar-refractivity contribution in [1.82, 2.24) is 5.32 Å². The van der Waals surface area contributed by atoms with Crippen LogP contribution in [0, 0.1) is 5.41 Å². The highest BCUT2D eigenvalue weighted by Gasteiger charge is 2.31. The zero-order valence-corrected chi connectivity index (χ0v) is 9.46. The third kappa shape index (κ3) is 3.47. The van der Waals surface area contributed by atoms with Crippen LogP contribution in [0.3, 0.4) is 0 Å². The third-order valence-electron chi connectivity index (χ3n) is 3.30. The summed E-state index contributed by atoms with van der Waals surface area (Å²) in [5.74, 6) is -0.131. The lowest BCUT2D eigenvalue weighted by Crippen LogP contribution is -2.46. The van der Waals surface area contributed by atoms with Gasteiger partial charge in [-0.2, -0.15) is 0 Å². The molecule has 0 aromatic carbocycles. The van der Waals surface area contributed by atoms with Gasteiger partial charge in [-0.05, 0) is 19.8 Å². The molecule has 1 rings (SSSR count). The molecule has 0 saturated heterocycles. The van der Waals surface area contributed by atoms with E-state index in [4.69, 9.17) is 5.73 Å². The number of nitrogens with one attached hydrogen (secondary N) is 1. The number of carbonyl (C=O) groups excluding carboxylic acids is 1. The second-order valence-corrected chi connectivity index (χ2v) is 4.73. The van der Waals surface area contributed by atoms with E-state index >= 15 is 0 Å². The number of hydrogen-bond acceptors (Lipinski definition) is 3. The maximum absolute atomic E-state index is 11.3. The second-order valence-electron chi connectivity index (χ2n) is 4.73. The molecule has 0 aromatic heterocycles. The van der Waals surface area contributed by atoms with Crippen molar-refractivity contribution in [3.8, 4) is 0 Å². The van der Waals surface area contributed by atoms with Crippen LogP contribution in [0.5, 0.6) is 0 Å². The summed E-state index contributed by atoms with van der Waals surface area (Å²) in [5.41, 5.74) is 5.37. The smallest absolute Gasteiger partial charge is 0.236 e. The van der Waals surface area contributed by atoms with Crippen LogP contribution in [-0.2, 0) is 4.79 Å². The van der Waals surface area contributed by atoms with Crippen molar-refractivity contribution < 1.29 is 9.90 Å². The molecule has 1 amide bonds. The minimum absolute atomic E-state index is 0.0944. The molecule has 0 bridgehead atoms. The Morgan fingerprint density at radius 1 is 1.47 bits per heavy atom. The van der Waals surface area contributed by atoms with Crippen LogP contribution >= 0.6 is 0 Å². The van der Waals surface area contributed by atoms with Gasteiger partial charge in [0.2, 0.25) is 5.91 Å². The summed E-state index contributed by atoms with van der Waals surface area (Å²) in [7, 11) is 0. The highest BCUT2D eigenvalue weighted by Crippen LogP contribution is 2.35. The zero-order chi connectivity index (χ0) is 11.3. The van der Waals surface area contributed by atoms with E-state index in [9.17, 15) is 9.90 Å². The molecule has 0 spiro atoms. The average molecular weight is 214 g/mol. The molecule has 1 fully saturated rings. The monoisotopic (exact) mass is 214 g/mol. The summed E-state index contributed by atoms with van der Waals surface area (Å²) in [6.45, 7) is 2.39. The summed E-state index contributed by atoms with van der Waals surface area (Å²) < 4.78 is 0. The summed E-state index contributed by atoms with van der Waals surface area (Å²) in [5, 5.41) is 12.2. The number of aliphatic hydroxyl groups excluding tert-OH is 1. The molecular formula is C11H22N2O2. The fraction of sp³-hybridized carbons (Fsp3) is 0.909. The first-order valence-corrected chi connectivity index (χ1v) is 5.74. The first-order chi connectivity index (χ1) is 7.09. The molecule has 1 aliphatic rings. The van der Waals surface area contributed by atoms with Crippen molar-refractivity contribution in [2.24, 2.45) is 11.1 Å². The predicted molar refractivity (Wildman–Crippen MR) is 59.3 cm³/mol. The lowest BCUT2D eigenvalue weighted by molar-refractivity contribution is -0.122. The van der Waals surface area contributed by atoms with Crippen molar-refractivity contribution in [3.05, 3.63) is 0 Å². The number of nitrogens with two attached hydrogens (primary N) is 1. The second kappa shape index (κ2) is 5.47. The van der Waals surface area contributed by atoms with Crippen LogP contribution in [0.25, 0.3) is 0 Å². The fourth-order valence-electron chi connectivity index (χ4n) is 2.13. The van der Waals surface area contributed by atoms with E-state index in [0.29, 0.717) is 6.54 Å². The van der Waals surface area contributed by atoms with Gasteiger partial charge in [-0.15, -0.1) is 0 Å². The number of carbonyl (C=O) groups is 1. The predicted octanol–water partition coefficient (Wildman–Crippen LogP) is 0.393. The molecule has 1 unspecified atom stereocenters. The Morgan fingerprint density at radius 2 is 2.07 bits per heavy atom. The maximum atomic E-state index is 11.3. The molecule has 1 saturated carbocycles. The van der Waals surface area contributed by atoms with Crippen LogP contribution < -0.4 is 11.1 Å². The van der Waals surface area contributed by atoms with Gasteiger partial charge in [0.1, 0.15) is 0 Å². The molecule has 15 heavy (non-hydrogen) atoms. The van der Waals surface area contributed by atoms with Gasteiger partial charge in [0.25, 0.3) is 0 Å². The molecular weight excluding hydrogens is 192 g/mol. The van der Waals surface area contributed by atoms with E-state index in [-0.39, 0.29) is 17.9 Å². The van der Waals surface area contributed by atoms with Crippen LogP contribution in [0.1, 0.15) is 39.0 Å². The molecule has 4 N–H and O–H groups in total. The summed E-state index contributed by atoms with van der Waals surface area (Å²) >= 11 is 0. The number of aliphatic hydroxyl groups is 1. The Kier molecular flexibility index (Phi) is 4.54. The molecule has 0 radical (unpaired) electrons. The van der Waals surface area contributed by atoms with Crippen molar-refractivity contribution in [3.63, 3.8) is 0 Å². The molecule has 88 valence electrons. The van der Waals surface area contributed by atoms with E-state index in [1.165, 1.54) is 6.42 Å². The number of hydrogen-bond donors (Lipinski definition) is 3. The molecule has 4 heteroatoms. The van der Waals surface area contributed by atoms with E-state index in [0.717, 1.165) is 25.7 Å². The SMILES string of the molecule is CC(N)C(=O)NCC1(CO)CCCCC1. The maximum Gasteiger partial charge on any atom is 0.236 e. The van der Waals surface area contributed by atoms with Crippen LogP contribution in [0.15, 0.2) is 0 Å². The van der Waals surface area contributed by atoms with Crippen molar-refractivity contribution in [2.45, 2.75) is 45.1 Å². The average Bonchev–Trinajstić information content (AvgIpc) is 2.27. The molecule has 0 heterocycles. The Balaban J connectivity index is 2.42. The summed E-state index contributed by atoms with van der Waals surface area (Å²) in [6.07, 6.45) is 5.54. The zero-order valence-electron chi connectivity index (χ0n) is 9.46. The van der Waals surface area contributed by atoms with Crippen LogP contribution in [0.4, 0.5) is 0 Å². The highest BCUT2D eigenvalue weighted by molar-refractivity contribution is 5.80. The Bertz CT molecular complexity index is 211. The van der Waals surface area contributed by atoms with Crippen molar-refractivity contribution >= 4 is 5.91 Å². The van der Waals surface area contributed by atoms with Gasteiger partial charge in [-0.3, -0.25) is 4.79 Å². The van der Waals surface area contributed by atoms with E-state index < -0.39 is 6.04 Å². The van der Waals surface area contributed by atoms with Gasteiger partial charge >= 0.3 is 0 Å². The Hall–Kier alpha value is -0.610. The van der Waals surface area contributed by atoms with Gasteiger partial charge in [-0.1, -0.05) is 19.3 Å². The Morgan fingerprint density at radius 3 is 2.53 bits per heavy atom. The lowest BCUT2D eigenvalue weighted by Gasteiger charge is -2.35. The van der Waals surface area contributed by atoms with Crippen molar-refractivity contribution in [1.29, 1.82) is 0 Å². The summed E-state index contributed by atoms with van der Waals surface area (Å²) in [4.78, 5) is 11.3. The lowest BCUT2D eigenvalue weighted by atomic mass is 9.74. The van der Waals surface area contributed by atoms with Gasteiger partial charge in [-0.25, -0.2) is 0 Å². The van der Waals surface area contributed by atoms with Gasteiger partial charge in [0.05, 0.1) is 12.6 Å². The van der Waals surface area contributed by atoms with E-state index in [1.54, 1.807) is 6.92 Å². The standard InChI is InChI=1S/C11H22N2O2/c1-9(12)10(15)13-7-11(8-14)5-3-2-4-6-11/h9,14H,2-8,12H2,1H3,(H,13,15). The normalized spacial score (nSPS) is 22.1. The molecule has 1 atom stereocenters. The topological polar surface area (TPSA) is 75.4 Å². The van der Waals surface area contributed by atoms with Crippen LogP contribution in [0.2, 0.25) is 0 Å². The quantitative estimate of drug-likeness (QED) is 0.634. The molecule has 0 aromatic rings. The fourth-order valence-corrected chi connectivity index (χ4v) is 2.13. The van der Waals surface area contributed by atoms with Crippen LogP contribution in [-0.4, -0.2) is 30.2 Å². The first kappa shape index (κ1) is 12.5. The Labute approximate surface area is 91.2 Å². The third-order valence-corrected chi connectivity index (χ3v) is 3.30. The number of amides is 1. The van der Waals surface area contributed by atoms with Crippen molar-refractivity contribution in [2.75, 3.05) is 13.2 Å². The van der Waals surface area contributed by atoms with E-state index in [2.05, 4.69) is 5.32 Å².